The Bertz CT molecular complexity index is 707. The second-order valence-electron chi connectivity index (χ2n) is 5.82. The molecule has 0 aliphatic heterocycles. The molecule has 0 radical (unpaired) electrons. The lowest BCUT2D eigenvalue weighted by molar-refractivity contribution is -0.138. The molecule has 25 heavy (non-hydrogen) atoms. The van der Waals surface area contributed by atoms with E-state index in [1.54, 1.807) is 13.8 Å². The molecule has 1 rings (SSSR count). The highest BCUT2D eigenvalue weighted by atomic mass is 19.2. The van der Waals surface area contributed by atoms with Crippen molar-refractivity contribution in [1.29, 1.82) is 0 Å². The minimum absolute atomic E-state index is 0.499. The fraction of sp³-hybridized carbons (Fsp3) is 0.438. The smallest absolute Gasteiger partial charge is 0.322 e. The molecule has 6 nitrogen and oxygen atoms in total. The van der Waals surface area contributed by atoms with Crippen LogP contribution in [0.5, 0.6) is 0 Å². The molecule has 0 aliphatic rings. The Morgan fingerprint density at radius 3 is 2.20 bits per heavy atom. The zero-order valence-corrected chi connectivity index (χ0v) is 14.2. The second-order valence-corrected chi connectivity index (χ2v) is 5.82. The van der Waals surface area contributed by atoms with Crippen LogP contribution >= 0.6 is 0 Å². The van der Waals surface area contributed by atoms with Gasteiger partial charge in [0.05, 0.1) is 5.69 Å². The van der Waals surface area contributed by atoms with E-state index in [4.69, 9.17) is 5.11 Å². The first-order valence-electron chi connectivity index (χ1n) is 7.42. The molecule has 138 valence electrons. The summed E-state index contributed by atoms with van der Waals surface area (Å²) in [7, 11) is 0. The van der Waals surface area contributed by atoms with E-state index in [0.717, 1.165) is 13.8 Å². The number of amides is 2. The summed E-state index contributed by atoms with van der Waals surface area (Å²) < 4.78 is 41.6. The molecule has 0 heterocycles. The van der Waals surface area contributed by atoms with Gasteiger partial charge in [-0.05, 0) is 12.8 Å². The minimum atomic E-state index is -1.39. The van der Waals surface area contributed by atoms with Crippen LogP contribution in [0.25, 0.3) is 0 Å². The van der Waals surface area contributed by atoms with Gasteiger partial charge in [0.15, 0.2) is 17.5 Å². The van der Waals surface area contributed by atoms with Crippen LogP contribution in [0.4, 0.5) is 18.9 Å². The van der Waals surface area contributed by atoms with Gasteiger partial charge in [0.1, 0.15) is 12.6 Å². The summed E-state index contributed by atoms with van der Waals surface area (Å²) in [6.45, 7) is 4.44. The molecule has 0 saturated carbocycles. The van der Waals surface area contributed by atoms with Crippen molar-refractivity contribution in [2.45, 2.75) is 33.7 Å². The lowest BCUT2D eigenvalue weighted by atomic mass is 9.99. The number of benzene rings is 1. The first-order valence-corrected chi connectivity index (χ1v) is 7.42. The Labute approximate surface area is 142 Å². The van der Waals surface area contributed by atoms with Gasteiger partial charge in [-0.15, -0.1) is 0 Å². The highest BCUT2D eigenvalue weighted by Crippen LogP contribution is 2.30. The van der Waals surface area contributed by atoms with Crippen molar-refractivity contribution in [2.24, 2.45) is 5.92 Å². The molecule has 1 atom stereocenters. The first kappa shape index (κ1) is 20.5. The topological polar surface area (TPSA) is 86.7 Å². The first-order chi connectivity index (χ1) is 11.5. The summed E-state index contributed by atoms with van der Waals surface area (Å²) in [6.07, 6.45) is 0. The highest BCUT2D eigenvalue weighted by Gasteiger charge is 2.35. The van der Waals surface area contributed by atoms with Gasteiger partial charge in [-0.3, -0.25) is 19.3 Å². The van der Waals surface area contributed by atoms with Gasteiger partial charge in [-0.1, -0.05) is 13.8 Å². The second kappa shape index (κ2) is 8.00. The van der Waals surface area contributed by atoms with E-state index in [-0.39, 0.29) is 0 Å². The normalized spacial score (nSPS) is 12.0. The Kier molecular flexibility index (Phi) is 6.55. The zero-order chi connectivity index (χ0) is 19.5. The van der Waals surface area contributed by atoms with Crippen molar-refractivity contribution in [1.82, 2.24) is 5.32 Å². The van der Waals surface area contributed by atoms with Crippen LogP contribution in [0.2, 0.25) is 0 Å². The summed E-state index contributed by atoms with van der Waals surface area (Å²) in [5, 5.41) is 10.8. The molecule has 1 unspecified atom stereocenters. The molecule has 0 fully saturated rings. The van der Waals surface area contributed by atoms with Crippen LogP contribution < -0.4 is 10.2 Å². The van der Waals surface area contributed by atoms with E-state index in [2.05, 4.69) is 5.32 Å². The maximum atomic E-state index is 14.4. The number of halogens is 3. The van der Waals surface area contributed by atoms with E-state index in [1.165, 1.54) is 0 Å². The summed E-state index contributed by atoms with van der Waals surface area (Å²) in [5.74, 6) is -7.44. The number of anilines is 1. The van der Waals surface area contributed by atoms with Crippen molar-refractivity contribution in [3.8, 4) is 0 Å². The fourth-order valence-corrected chi connectivity index (χ4v) is 2.39. The quantitative estimate of drug-likeness (QED) is 0.760. The number of rotatable bonds is 6. The molecule has 1 aromatic carbocycles. The number of nitrogens with one attached hydrogen (secondary N) is 1. The lowest BCUT2D eigenvalue weighted by Crippen LogP contribution is -2.53. The number of nitrogens with zero attached hydrogens (tertiary/aromatic N) is 1. The molecule has 0 bridgehead atoms. The van der Waals surface area contributed by atoms with E-state index < -0.39 is 65.0 Å². The number of hydrogen-bond donors (Lipinski definition) is 2. The van der Waals surface area contributed by atoms with Crippen molar-refractivity contribution in [2.75, 3.05) is 11.4 Å². The standard InChI is InChI=1S/C16H19F3N2O4/c1-7(2)15(16(25)20-6-12(23)24)21(9(4)22)11-5-10(17)13(18)8(3)14(11)19/h5,7,15H,6H2,1-4H3,(H,20,25)(H,23,24). The lowest BCUT2D eigenvalue weighted by Gasteiger charge is -2.33. The van der Waals surface area contributed by atoms with Gasteiger partial charge < -0.3 is 10.4 Å². The van der Waals surface area contributed by atoms with Crippen LogP contribution in [-0.2, 0) is 14.4 Å². The van der Waals surface area contributed by atoms with Crippen molar-refractivity contribution < 1.29 is 32.7 Å². The van der Waals surface area contributed by atoms with E-state index in [1.807, 2.05) is 0 Å². The maximum Gasteiger partial charge on any atom is 0.322 e. The molecular weight excluding hydrogens is 341 g/mol. The largest absolute Gasteiger partial charge is 0.480 e. The number of carbonyl (C=O) groups excluding carboxylic acids is 2. The Balaban J connectivity index is 3.44. The van der Waals surface area contributed by atoms with Crippen LogP contribution in [0.3, 0.4) is 0 Å². The summed E-state index contributed by atoms with van der Waals surface area (Å²) in [5.41, 5.74) is -1.22. The molecule has 2 amide bonds. The molecule has 1 aromatic rings. The predicted molar refractivity (Wildman–Crippen MR) is 83.5 cm³/mol. The molecule has 2 N–H and O–H groups in total. The molecular formula is C16H19F3N2O4. The van der Waals surface area contributed by atoms with Crippen LogP contribution in [0.1, 0.15) is 26.3 Å². The van der Waals surface area contributed by atoms with E-state index in [9.17, 15) is 27.6 Å². The average molecular weight is 360 g/mol. The van der Waals surface area contributed by atoms with Crippen LogP contribution in [-0.4, -0.2) is 35.5 Å². The average Bonchev–Trinajstić information content (AvgIpc) is 2.51. The van der Waals surface area contributed by atoms with Crippen LogP contribution in [0.15, 0.2) is 6.07 Å². The minimum Gasteiger partial charge on any atom is -0.480 e. The summed E-state index contributed by atoms with van der Waals surface area (Å²) >= 11 is 0. The number of carbonyl (C=O) groups is 3. The highest BCUT2D eigenvalue weighted by molar-refractivity contribution is 6.00. The Morgan fingerprint density at radius 1 is 1.20 bits per heavy atom. The van der Waals surface area contributed by atoms with Crippen molar-refractivity contribution >= 4 is 23.5 Å². The zero-order valence-electron chi connectivity index (χ0n) is 14.2. The van der Waals surface area contributed by atoms with Crippen LogP contribution in [0, 0.1) is 30.3 Å². The molecule has 9 heteroatoms. The van der Waals surface area contributed by atoms with E-state index in [0.29, 0.717) is 11.0 Å². The molecule has 0 saturated heterocycles. The third-order valence-electron chi connectivity index (χ3n) is 3.55. The number of aliphatic carboxylic acids is 1. The third kappa shape index (κ3) is 4.49. The van der Waals surface area contributed by atoms with Gasteiger partial charge in [0, 0.05) is 18.6 Å². The van der Waals surface area contributed by atoms with Gasteiger partial charge in [0.25, 0.3) is 0 Å². The third-order valence-corrected chi connectivity index (χ3v) is 3.55. The van der Waals surface area contributed by atoms with Gasteiger partial charge >= 0.3 is 5.97 Å². The van der Waals surface area contributed by atoms with E-state index >= 15 is 0 Å². The molecule has 0 aliphatic carbocycles. The van der Waals surface area contributed by atoms with Gasteiger partial charge in [-0.2, -0.15) is 0 Å². The number of hydrogen-bond acceptors (Lipinski definition) is 3. The summed E-state index contributed by atoms with van der Waals surface area (Å²) in [4.78, 5) is 35.6. The monoisotopic (exact) mass is 360 g/mol. The summed E-state index contributed by atoms with van der Waals surface area (Å²) in [6, 6.07) is -0.811. The van der Waals surface area contributed by atoms with Crippen molar-refractivity contribution in [3.63, 3.8) is 0 Å². The molecule has 0 spiro atoms. The number of carboxylic acid groups (broad SMARTS) is 1. The molecule has 0 aromatic heterocycles. The SMILES string of the molecule is CC(=O)N(c1cc(F)c(F)c(C)c1F)C(C(=O)NCC(=O)O)C(C)C. The van der Waals surface area contributed by atoms with Crippen molar-refractivity contribution in [3.05, 3.63) is 29.1 Å². The predicted octanol–water partition coefficient (Wildman–Crippen LogP) is 1.99. The number of carboxylic acids is 1. The van der Waals surface area contributed by atoms with Gasteiger partial charge in [-0.25, -0.2) is 13.2 Å². The fourth-order valence-electron chi connectivity index (χ4n) is 2.39. The Morgan fingerprint density at radius 2 is 1.76 bits per heavy atom. The maximum absolute atomic E-state index is 14.4. The Hall–Kier alpha value is -2.58. The van der Waals surface area contributed by atoms with Gasteiger partial charge in [0.2, 0.25) is 11.8 Å².